The van der Waals surface area contributed by atoms with Crippen molar-refractivity contribution in [3.63, 3.8) is 0 Å². The van der Waals surface area contributed by atoms with Gasteiger partial charge in [0, 0.05) is 6.20 Å². The number of anilines is 1. The fourth-order valence-electron chi connectivity index (χ4n) is 0.883. The van der Waals surface area contributed by atoms with Crippen LogP contribution in [0.5, 0.6) is 0 Å². The third kappa shape index (κ3) is 1.63. The van der Waals surface area contributed by atoms with Crippen molar-refractivity contribution >= 4 is 11.8 Å². The van der Waals surface area contributed by atoms with Crippen LogP contribution in [0.25, 0.3) is 0 Å². The smallest absolute Gasteiger partial charge is 0.415 e. The maximum absolute atomic E-state index is 10.6. The van der Waals surface area contributed by atoms with Crippen molar-refractivity contribution in [3.05, 3.63) is 43.1 Å². The van der Waals surface area contributed by atoms with E-state index in [1.807, 2.05) is 6.07 Å². The molecule has 0 bridgehead atoms. The van der Waals surface area contributed by atoms with Gasteiger partial charge in [-0.1, -0.05) is 24.8 Å². The Morgan fingerprint density at radius 3 is 2.42 bits per heavy atom. The minimum absolute atomic E-state index is 0.597. The van der Waals surface area contributed by atoms with Crippen molar-refractivity contribution in [2.75, 3.05) is 4.90 Å². The molecular formula is C9H9NO2. The lowest BCUT2D eigenvalue weighted by molar-refractivity contribution is 0.204. The summed E-state index contributed by atoms with van der Waals surface area (Å²) in [4.78, 5) is 11.6. The number of para-hydroxylation sites is 1. The van der Waals surface area contributed by atoms with E-state index in [0.29, 0.717) is 5.69 Å². The van der Waals surface area contributed by atoms with Gasteiger partial charge in [0.25, 0.3) is 0 Å². The highest BCUT2D eigenvalue weighted by atomic mass is 16.4. The van der Waals surface area contributed by atoms with Gasteiger partial charge in [0.2, 0.25) is 0 Å². The molecule has 12 heavy (non-hydrogen) atoms. The summed E-state index contributed by atoms with van der Waals surface area (Å²) in [5.41, 5.74) is 0.597. The maximum Gasteiger partial charge on any atom is 0.415 e. The Kier molecular flexibility index (Phi) is 2.48. The van der Waals surface area contributed by atoms with E-state index in [1.54, 1.807) is 24.3 Å². The topological polar surface area (TPSA) is 40.5 Å². The average molecular weight is 163 g/mol. The van der Waals surface area contributed by atoms with E-state index in [9.17, 15) is 4.79 Å². The van der Waals surface area contributed by atoms with Gasteiger partial charge < -0.3 is 5.11 Å². The molecule has 0 saturated heterocycles. The molecule has 0 aromatic heterocycles. The first kappa shape index (κ1) is 8.33. The van der Waals surface area contributed by atoms with Gasteiger partial charge in [0.05, 0.1) is 5.69 Å². The van der Waals surface area contributed by atoms with E-state index in [-0.39, 0.29) is 0 Å². The van der Waals surface area contributed by atoms with Gasteiger partial charge >= 0.3 is 6.09 Å². The van der Waals surface area contributed by atoms with Gasteiger partial charge in [-0.15, -0.1) is 0 Å². The molecule has 0 atom stereocenters. The van der Waals surface area contributed by atoms with Crippen LogP contribution < -0.4 is 4.90 Å². The Bertz CT molecular complexity index is 282. The number of nitrogens with zero attached hydrogens (tertiary/aromatic N) is 1. The largest absolute Gasteiger partial charge is 0.464 e. The Balaban J connectivity index is 2.95. The number of carboxylic acid groups (broad SMARTS) is 1. The average Bonchev–Trinajstić information content (AvgIpc) is 2.07. The molecule has 1 aromatic carbocycles. The van der Waals surface area contributed by atoms with Crippen molar-refractivity contribution < 1.29 is 9.90 Å². The Hall–Kier alpha value is -1.77. The number of rotatable bonds is 2. The number of hydrogen-bond acceptors (Lipinski definition) is 1. The molecule has 0 radical (unpaired) electrons. The van der Waals surface area contributed by atoms with E-state index < -0.39 is 6.09 Å². The third-order valence-corrected chi connectivity index (χ3v) is 1.42. The summed E-state index contributed by atoms with van der Waals surface area (Å²) in [7, 11) is 0. The molecule has 0 heterocycles. The lowest BCUT2D eigenvalue weighted by Gasteiger charge is -2.12. The van der Waals surface area contributed by atoms with Crippen molar-refractivity contribution in [3.8, 4) is 0 Å². The highest BCUT2D eigenvalue weighted by molar-refractivity contribution is 5.87. The van der Waals surface area contributed by atoms with E-state index in [2.05, 4.69) is 6.58 Å². The van der Waals surface area contributed by atoms with Crippen LogP contribution in [0.4, 0.5) is 10.5 Å². The molecule has 0 aliphatic rings. The minimum atomic E-state index is -1.03. The second-order valence-electron chi connectivity index (χ2n) is 2.17. The number of amides is 1. The second-order valence-corrected chi connectivity index (χ2v) is 2.17. The number of carbonyl (C=O) groups is 1. The molecule has 62 valence electrons. The van der Waals surface area contributed by atoms with Gasteiger partial charge in [-0.2, -0.15) is 0 Å². The molecular weight excluding hydrogens is 154 g/mol. The Morgan fingerprint density at radius 2 is 2.00 bits per heavy atom. The monoisotopic (exact) mass is 163 g/mol. The second kappa shape index (κ2) is 3.57. The molecule has 3 nitrogen and oxygen atoms in total. The fraction of sp³-hybridized carbons (Fsp3) is 0. The van der Waals surface area contributed by atoms with Crippen LogP contribution in [0.2, 0.25) is 0 Å². The summed E-state index contributed by atoms with van der Waals surface area (Å²) in [5.74, 6) is 0. The van der Waals surface area contributed by atoms with Crippen LogP contribution in [-0.4, -0.2) is 11.2 Å². The highest BCUT2D eigenvalue weighted by Gasteiger charge is 2.08. The molecule has 1 aromatic rings. The van der Waals surface area contributed by atoms with E-state index in [4.69, 9.17) is 5.11 Å². The summed E-state index contributed by atoms with van der Waals surface area (Å²) >= 11 is 0. The lowest BCUT2D eigenvalue weighted by Crippen LogP contribution is -2.21. The first-order chi connectivity index (χ1) is 5.75. The van der Waals surface area contributed by atoms with Gasteiger partial charge in [0.15, 0.2) is 0 Å². The molecule has 1 rings (SSSR count). The van der Waals surface area contributed by atoms with Crippen LogP contribution in [-0.2, 0) is 0 Å². The summed E-state index contributed by atoms with van der Waals surface area (Å²) in [5, 5.41) is 8.68. The van der Waals surface area contributed by atoms with Crippen LogP contribution in [0.3, 0.4) is 0 Å². The zero-order valence-corrected chi connectivity index (χ0v) is 6.47. The predicted octanol–water partition coefficient (Wildman–Crippen LogP) is 2.31. The molecule has 3 heteroatoms. The molecule has 0 unspecified atom stereocenters. The summed E-state index contributed by atoms with van der Waals surface area (Å²) in [6, 6.07) is 8.78. The van der Waals surface area contributed by atoms with Gasteiger partial charge in [0.1, 0.15) is 0 Å². The van der Waals surface area contributed by atoms with Crippen LogP contribution >= 0.6 is 0 Å². The first-order valence-corrected chi connectivity index (χ1v) is 3.45. The van der Waals surface area contributed by atoms with E-state index in [1.165, 1.54) is 6.20 Å². The SMILES string of the molecule is C=CN(C(=O)O)c1ccccc1. The van der Waals surface area contributed by atoms with E-state index in [0.717, 1.165) is 4.90 Å². The van der Waals surface area contributed by atoms with E-state index >= 15 is 0 Å². The molecule has 0 aliphatic carbocycles. The van der Waals surface area contributed by atoms with Gasteiger partial charge in [-0.25, -0.2) is 4.79 Å². The maximum atomic E-state index is 10.6. The van der Waals surface area contributed by atoms with Crippen molar-refractivity contribution in [1.82, 2.24) is 0 Å². The molecule has 1 amide bonds. The third-order valence-electron chi connectivity index (χ3n) is 1.42. The van der Waals surface area contributed by atoms with Crippen molar-refractivity contribution in [2.24, 2.45) is 0 Å². The minimum Gasteiger partial charge on any atom is -0.464 e. The quantitative estimate of drug-likeness (QED) is 0.726. The van der Waals surface area contributed by atoms with Gasteiger partial charge in [-0.05, 0) is 12.1 Å². The zero-order chi connectivity index (χ0) is 8.97. The standard InChI is InChI=1S/C9H9NO2/c1-2-10(9(11)12)8-6-4-3-5-7-8/h2-7H,1H2,(H,11,12). The molecule has 0 aliphatic heterocycles. The fourth-order valence-corrected chi connectivity index (χ4v) is 0.883. The first-order valence-electron chi connectivity index (χ1n) is 3.45. The highest BCUT2D eigenvalue weighted by Crippen LogP contribution is 2.12. The Morgan fingerprint density at radius 1 is 1.42 bits per heavy atom. The molecule has 0 saturated carbocycles. The van der Waals surface area contributed by atoms with Crippen LogP contribution in [0.1, 0.15) is 0 Å². The number of benzene rings is 1. The molecule has 0 spiro atoms. The summed E-state index contributed by atoms with van der Waals surface area (Å²) in [6.07, 6.45) is 0.230. The Labute approximate surface area is 70.6 Å². The van der Waals surface area contributed by atoms with Crippen molar-refractivity contribution in [2.45, 2.75) is 0 Å². The molecule has 1 N–H and O–H groups in total. The summed E-state index contributed by atoms with van der Waals surface area (Å²) < 4.78 is 0. The van der Waals surface area contributed by atoms with Crippen LogP contribution in [0, 0.1) is 0 Å². The number of hydrogen-bond donors (Lipinski definition) is 1. The zero-order valence-electron chi connectivity index (χ0n) is 6.47. The predicted molar refractivity (Wildman–Crippen MR) is 47.1 cm³/mol. The van der Waals surface area contributed by atoms with Crippen LogP contribution in [0.15, 0.2) is 43.1 Å². The van der Waals surface area contributed by atoms with Crippen molar-refractivity contribution in [1.29, 1.82) is 0 Å². The normalized spacial score (nSPS) is 9.00. The van der Waals surface area contributed by atoms with Gasteiger partial charge in [-0.3, -0.25) is 4.90 Å². The molecule has 0 fully saturated rings. The summed E-state index contributed by atoms with van der Waals surface area (Å²) in [6.45, 7) is 3.40. The lowest BCUT2D eigenvalue weighted by atomic mass is 10.3.